The van der Waals surface area contributed by atoms with Crippen LogP contribution in [0.2, 0.25) is 0 Å². The fraction of sp³-hybridized carbons (Fsp3) is 0.400. The van der Waals surface area contributed by atoms with Gasteiger partial charge in [0.05, 0.1) is 29.1 Å². The van der Waals surface area contributed by atoms with Gasteiger partial charge in [-0.2, -0.15) is 0 Å². The second-order valence-electron chi connectivity index (χ2n) is 8.12. The van der Waals surface area contributed by atoms with E-state index >= 15 is 0 Å². The molecule has 0 radical (unpaired) electrons. The molecule has 1 aliphatic heterocycles. The highest BCUT2D eigenvalue weighted by molar-refractivity contribution is 8.08. The normalized spacial score (nSPS) is 20.2. The summed E-state index contributed by atoms with van der Waals surface area (Å²) in [5.74, 6) is -1.82. The molecule has 1 saturated heterocycles. The lowest BCUT2D eigenvalue weighted by atomic mass is 9.89. The SMILES string of the molecule is CCOC(=O)[C@H](C)C[C@@]1(Cc2ccc(-c3ccccc3)cc2)SC1NC(=O)CCC(=O)O. The molecule has 1 amide bonds. The summed E-state index contributed by atoms with van der Waals surface area (Å²) >= 11 is 1.62. The number of carbonyl (C=O) groups is 3. The maximum absolute atomic E-state index is 12.2. The maximum atomic E-state index is 12.2. The van der Waals surface area contributed by atoms with E-state index in [2.05, 4.69) is 41.7 Å². The van der Waals surface area contributed by atoms with Gasteiger partial charge in [0.15, 0.2) is 0 Å². The topological polar surface area (TPSA) is 92.7 Å². The van der Waals surface area contributed by atoms with Crippen LogP contribution in [-0.4, -0.2) is 39.7 Å². The number of aliphatic carboxylic acids is 1. The summed E-state index contributed by atoms with van der Waals surface area (Å²) < 4.78 is 4.85. The van der Waals surface area contributed by atoms with E-state index in [1.54, 1.807) is 18.7 Å². The van der Waals surface area contributed by atoms with Gasteiger partial charge in [-0.25, -0.2) is 0 Å². The molecule has 3 atom stereocenters. The molecule has 0 aromatic heterocycles. The van der Waals surface area contributed by atoms with Crippen LogP contribution in [0.25, 0.3) is 11.1 Å². The quantitative estimate of drug-likeness (QED) is 0.388. The summed E-state index contributed by atoms with van der Waals surface area (Å²) in [7, 11) is 0. The summed E-state index contributed by atoms with van der Waals surface area (Å²) in [5, 5.41) is 11.6. The zero-order valence-electron chi connectivity index (χ0n) is 18.4. The van der Waals surface area contributed by atoms with Crippen molar-refractivity contribution in [1.29, 1.82) is 0 Å². The molecule has 0 bridgehead atoms. The number of carboxylic acid groups (broad SMARTS) is 1. The van der Waals surface area contributed by atoms with Crippen LogP contribution in [-0.2, 0) is 25.5 Å². The van der Waals surface area contributed by atoms with Gasteiger partial charge in [0.1, 0.15) is 0 Å². The third-order valence-corrected chi connectivity index (χ3v) is 7.10. The van der Waals surface area contributed by atoms with E-state index in [9.17, 15) is 14.4 Å². The highest BCUT2D eigenvalue weighted by atomic mass is 32.2. The number of benzene rings is 2. The van der Waals surface area contributed by atoms with Gasteiger partial charge in [0.25, 0.3) is 0 Å². The molecule has 0 spiro atoms. The van der Waals surface area contributed by atoms with Gasteiger partial charge in [-0.1, -0.05) is 61.5 Å². The third kappa shape index (κ3) is 6.36. The molecule has 2 aromatic carbocycles. The van der Waals surface area contributed by atoms with Crippen molar-refractivity contribution < 1.29 is 24.2 Å². The van der Waals surface area contributed by atoms with Crippen molar-refractivity contribution in [1.82, 2.24) is 5.32 Å². The number of nitrogens with one attached hydrogen (secondary N) is 1. The maximum Gasteiger partial charge on any atom is 0.308 e. The summed E-state index contributed by atoms with van der Waals surface area (Å²) in [6.07, 6.45) is 1.01. The van der Waals surface area contributed by atoms with E-state index in [1.807, 2.05) is 25.1 Å². The van der Waals surface area contributed by atoms with Crippen molar-refractivity contribution in [3.05, 3.63) is 60.2 Å². The minimum Gasteiger partial charge on any atom is -0.481 e. The van der Waals surface area contributed by atoms with Crippen LogP contribution < -0.4 is 5.32 Å². The van der Waals surface area contributed by atoms with Crippen LogP contribution in [0.4, 0.5) is 0 Å². The molecule has 2 N–H and O–H groups in total. The summed E-state index contributed by atoms with van der Waals surface area (Å²) in [5.41, 5.74) is 3.40. The predicted molar refractivity (Wildman–Crippen MR) is 125 cm³/mol. The molecule has 6 nitrogen and oxygen atoms in total. The largest absolute Gasteiger partial charge is 0.481 e. The van der Waals surface area contributed by atoms with Crippen molar-refractivity contribution >= 4 is 29.6 Å². The number of rotatable bonds is 11. The number of hydrogen-bond acceptors (Lipinski definition) is 5. The smallest absolute Gasteiger partial charge is 0.308 e. The molecule has 3 rings (SSSR count). The fourth-order valence-corrected chi connectivity index (χ4v) is 5.27. The highest BCUT2D eigenvalue weighted by Crippen LogP contribution is 2.57. The number of thioether (sulfide) groups is 1. The van der Waals surface area contributed by atoms with Crippen LogP contribution >= 0.6 is 11.8 Å². The van der Waals surface area contributed by atoms with Crippen LogP contribution in [0, 0.1) is 5.92 Å². The van der Waals surface area contributed by atoms with E-state index in [0.717, 1.165) is 16.7 Å². The monoisotopic (exact) mass is 455 g/mol. The summed E-state index contributed by atoms with van der Waals surface area (Å²) in [6.45, 7) is 3.96. The molecule has 1 fully saturated rings. The summed E-state index contributed by atoms with van der Waals surface area (Å²) in [4.78, 5) is 35.2. The van der Waals surface area contributed by atoms with E-state index < -0.39 is 5.97 Å². The molecular weight excluding hydrogens is 426 g/mol. The third-order valence-electron chi connectivity index (χ3n) is 5.54. The van der Waals surface area contributed by atoms with Gasteiger partial charge in [0.2, 0.25) is 5.91 Å². The van der Waals surface area contributed by atoms with E-state index in [4.69, 9.17) is 9.84 Å². The highest BCUT2D eigenvalue weighted by Gasteiger charge is 2.57. The first-order valence-corrected chi connectivity index (χ1v) is 11.7. The Morgan fingerprint density at radius 3 is 2.34 bits per heavy atom. The summed E-state index contributed by atoms with van der Waals surface area (Å²) in [6, 6.07) is 18.5. The van der Waals surface area contributed by atoms with Gasteiger partial charge in [-0.15, -0.1) is 11.8 Å². The van der Waals surface area contributed by atoms with Gasteiger partial charge < -0.3 is 15.2 Å². The zero-order chi connectivity index (χ0) is 23.1. The molecule has 0 aliphatic carbocycles. The Hall–Kier alpha value is -2.80. The molecule has 1 unspecified atom stereocenters. The first kappa shape index (κ1) is 23.9. The lowest BCUT2D eigenvalue weighted by molar-refractivity contribution is -0.147. The van der Waals surface area contributed by atoms with Crippen LogP contribution in [0.1, 0.15) is 38.7 Å². The van der Waals surface area contributed by atoms with Crippen molar-refractivity contribution in [3.8, 4) is 11.1 Å². The van der Waals surface area contributed by atoms with Gasteiger partial charge in [0, 0.05) is 6.42 Å². The minimum atomic E-state index is -0.996. The van der Waals surface area contributed by atoms with Gasteiger partial charge in [-0.05, 0) is 36.5 Å². The lowest BCUT2D eigenvalue weighted by Crippen LogP contribution is -2.35. The zero-order valence-corrected chi connectivity index (χ0v) is 19.2. The molecule has 7 heteroatoms. The molecule has 2 aromatic rings. The van der Waals surface area contributed by atoms with Crippen LogP contribution in [0.5, 0.6) is 0 Å². The van der Waals surface area contributed by atoms with Gasteiger partial charge in [-0.3, -0.25) is 14.4 Å². The van der Waals surface area contributed by atoms with Gasteiger partial charge >= 0.3 is 11.9 Å². The molecule has 0 saturated carbocycles. The number of carbonyl (C=O) groups excluding carboxylic acids is 2. The molecule has 170 valence electrons. The standard InChI is InChI=1S/C25H29NO5S/c1-3-31-23(30)17(2)15-25(24(32-25)26-21(27)13-14-22(28)29)16-18-9-11-20(12-10-18)19-7-5-4-6-8-19/h4-12,17,24H,3,13-16H2,1-2H3,(H,26,27)(H,28,29)/t17-,24?,25+/m1/s1. The number of hydrogen-bond donors (Lipinski definition) is 2. The minimum absolute atomic E-state index is 0.0539. The number of esters is 1. The van der Waals surface area contributed by atoms with E-state index in [1.165, 1.54) is 0 Å². The second-order valence-corrected chi connectivity index (χ2v) is 9.64. The van der Waals surface area contributed by atoms with Crippen LogP contribution in [0.3, 0.4) is 0 Å². The Labute approximate surface area is 192 Å². The van der Waals surface area contributed by atoms with Crippen molar-refractivity contribution in [2.75, 3.05) is 6.61 Å². The van der Waals surface area contributed by atoms with Crippen molar-refractivity contribution in [2.24, 2.45) is 5.92 Å². The number of carboxylic acids is 1. The van der Waals surface area contributed by atoms with Crippen molar-refractivity contribution in [2.45, 2.75) is 49.7 Å². The average Bonchev–Trinajstić information content (AvgIpc) is 3.43. The number of ether oxygens (including phenoxy) is 1. The van der Waals surface area contributed by atoms with E-state index in [-0.39, 0.29) is 40.8 Å². The molecule has 1 aliphatic rings. The lowest BCUT2D eigenvalue weighted by Gasteiger charge is -2.20. The second kappa shape index (κ2) is 10.7. The molecule has 32 heavy (non-hydrogen) atoms. The predicted octanol–water partition coefficient (Wildman–Crippen LogP) is 4.28. The Morgan fingerprint density at radius 1 is 1.06 bits per heavy atom. The number of amides is 1. The Kier molecular flexibility index (Phi) is 7.96. The first-order valence-electron chi connectivity index (χ1n) is 10.8. The van der Waals surface area contributed by atoms with E-state index in [0.29, 0.717) is 19.4 Å². The Morgan fingerprint density at radius 2 is 1.72 bits per heavy atom. The van der Waals surface area contributed by atoms with Crippen LogP contribution in [0.15, 0.2) is 54.6 Å². The average molecular weight is 456 g/mol. The Bertz CT molecular complexity index is 947. The van der Waals surface area contributed by atoms with Crippen molar-refractivity contribution in [3.63, 3.8) is 0 Å². The fourth-order valence-electron chi connectivity index (χ4n) is 3.84. The molecular formula is C25H29NO5S. The Balaban J connectivity index is 1.71. The molecule has 1 heterocycles. The first-order chi connectivity index (χ1) is 15.3.